The molecule has 106 valence electrons. The Balaban J connectivity index is 2.11. The van der Waals surface area contributed by atoms with Crippen LogP contribution in [0.15, 0.2) is 24.3 Å². The minimum atomic E-state index is -4.76. The first kappa shape index (κ1) is 14.0. The highest BCUT2D eigenvalue weighted by Gasteiger charge is 2.33. The zero-order chi connectivity index (χ0) is 13.9. The van der Waals surface area contributed by atoms with E-state index in [0.717, 1.165) is 12.8 Å². The lowest BCUT2D eigenvalue weighted by Crippen LogP contribution is -2.34. The van der Waals surface area contributed by atoms with Crippen LogP contribution in [-0.2, 0) is 0 Å². The highest BCUT2D eigenvalue weighted by Crippen LogP contribution is 2.34. The second-order valence-electron chi connectivity index (χ2n) is 4.50. The first-order valence-corrected chi connectivity index (χ1v) is 6.15. The minimum Gasteiger partial charge on any atom is -0.484 e. The van der Waals surface area contributed by atoms with E-state index in [1.807, 2.05) is 0 Å². The zero-order valence-electron chi connectivity index (χ0n) is 10.2. The minimum absolute atomic E-state index is 0.00535. The fourth-order valence-corrected chi connectivity index (χ4v) is 2.13. The molecular formula is C13H15F3O3. The Morgan fingerprint density at radius 1 is 1.05 bits per heavy atom. The van der Waals surface area contributed by atoms with Crippen LogP contribution in [0.3, 0.4) is 0 Å². The summed E-state index contributed by atoms with van der Waals surface area (Å²) in [5.41, 5.74) is 0. The molecule has 0 unspecified atom stereocenters. The second kappa shape index (κ2) is 5.69. The number of aliphatic hydroxyl groups excluding tert-OH is 1. The molecule has 1 fully saturated rings. The number of alkyl halides is 3. The number of rotatable bonds is 3. The van der Waals surface area contributed by atoms with Crippen molar-refractivity contribution >= 4 is 0 Å². The van der Waals surface area contributed by atoms with Gasteiger partial charge in [0.05, 0.1) is 6.10 Å². The average Bonchev–Trinajstić information content (AvgIpc) is 2.33. The molecule has 1 aromatic rings. The molecule has 19 heavy (non-hydrogen) atoms. The van der Waals surface area contributed by atoms with E-state index in [0.29, 0.717) is 12.8 Å². The third-order valence-electron chi connectivity index (χ3n) is 3.02. The molecule has 2 atom stereocenters. The molecule has 1 aliphatic carbocycles. The largest absolute Gasteiger partial charge is 0.573 e. The molecule has 3 nitrogen and oxygen atoms in total. The summed E-state index contributed by atoms with van der Waals surface area (Å²) in [5, 5.41) is 9.77. The second-order valence-corrected chi connectivity index (χ2v) is 4.50. The summed E-state index contributed by atoms with van der Waals surface area (Å²) in [5.74, 6) is -0.376. The SMILES string of the molecule is O[C@H]1CCCC[C@@H]1Oc1ccccc1OC(F)(F)F. The van der Waals surface area contributed by atoms with Crippen molar-refractivity contribution in [3.05, 3.63) is 24.3 Å². The van der Waals surface area contributed by atoms with Gasteiger partial charge in [0.2, 0.25) is 0 Å². The van der Waals surface area contributed by atoms with Crippen molar-refractivity contribution in [1.29, 1.82) is 0 Å². The predicted octanol–water partition coefficient (Wildman–Crippen LogP) is 3.27. The topological polar surface area (TPSA) is 38.7 Å². The molecule has 1 aliphatic rings. The smallest absolute Gasteiger partial charge is 0.484 e. The fraction of sp³-hybridized carbons (Fsp3) is 0.538. The highest BCUT2D eigenvalue weighted by molar-refractivity contribution is 5.39. The monoisotopic (exact) mass is 276 g/mol. The third-order valence-corrected chi connectivity index (χ3v) is 3.02. The van der Waals surface area contributed by atoms with E-state index in [4.69, 9.17) is 4.74 Å². The summed E-state index contributed by atoms with van der Waals surface area (Å²) in [6, 6.07) is 5.60. The van der Waals surface area contributed by atoms with Gasteiger partial charge in [0, 0.05) is 0 Å². The summed E-state index contributed by atoms with van der Waals surface area (Å²) in [7, 11) is 0. The van der Waals surface area contributed by atoms with Gasteiger partial charge in [0.15, 0.2) is 11.5 Å². The van der Waals surface area contributed by atoms with E-state index in [1.54, 1.807) is 6.07 Å². The normalized spacial score (nSPS) is 24.0. The van der Waals surface area contributed by atoms with E-state index in [2.05, 4.69) is 4.74 Å². The number of ether oxygens (including phenoxy) is 2. The Kier molecular flexibility index (Phi) is 4.19. The van der Waals surface area contributed by atoms with E-state index in [9.17, 15) is 18.3 Å². The Morgan fingerprint density at radius 3 is 2.32 bits per heavy atom. The van der Waals surface area contributed by atoms with Gasteiger partial charge in [-0.25, -0.2) is 0 Å². The average molecular weight is 276 g/mol. The Morgan fingerprint density at radius 2 is 1.68 bits per heavy atom. The van der Waals surface area contributed by atoms with Crippen LogP contribution in [0.5, 0.6) is 11.5 Å². The third kappa shape index (κ3) is 4.02. The van der Waals surface area contributed by atoms with Gasteiger partial charge in [-0.3, -0.25) is 0 Å². The molecule has 0 spiro atoms. The van der Waals surface area contributed by atoms with Gasteiger partial charge in [-0.2, -0.15) is 0 Å². The number of hydrogen-bond acceptors (Lipinski definition) is 3. The molecule has 0 heterocycles. The molecule has 0 radical (unpaired) electrons. The molecule has 1 aromatic carbocycles. The highest BCUT2D eigenvalue weighted by atomic mass is 19.4. The number of benzene rings is 1. The molecule has 6 heteroatoms. The van der Waals surface area contributed by atoms with Crippen molar-refractivity contribution in [3.8, 4) is 11.5 Å². The van der Waals surface area contributed by atoms with Gasteiger partial charge < -0.3 is 14.6 Å². The maximum Gasteiger partial charge on any atom is 0.573 e. The first-order valence-electron chi connectivity index (χ1n) is 6.15. The quantitative estimate of drug-likeness (QED) is 0.920. The van der Waals surface area contributed by atoms with Gasteiger partial charge in [-0.1, -0.05) is 18.6 Å². The van der Waals surface area contributed by atoms with Crippen molar-refractivity contribution in [2.75, 3.05) is 0 Å². The van der Waals surface area contributed by atoms with E-state index in [1.165, 1.54) is 18.2 Å². The molecule has 0 saturated heterocycles. The zero-order valence-corrected chi connectivity index (χ0v) is 10.2. The molecule has 2 rings (SSSR count). The van der Waals surface area contributed by atoms with Crippen molar-refractivity contribution in [1.82, 2.24) is 0 Å². The standard InChI is InChI=1S/C13H15F3O3/c14-13(15,16)19-12-8-4-3-7-11(12)18-10-6-2-1-5-9(10)17/h3-4,7-10,17H,1-2,5-6H2/t9-,10-/m0/s1. The first-order chi connectivity index (χ1) is 8.96. The number of halogens is 3. The summed E-state index contributed by atoms with van der Waals surface area (Å²) in [6.45, 7) is 0. The summed E-state index contributed by atoms with van der Waals surface area (Å²) in [4.78, 5) is 0. The lowest BCUT2D eigenvalue weighted by molar-refractivity contribution is -0.275. The van der Waals surface area contributed by atoms with Crippen LogP contribution in [0.2, 0.25) is 0 Å². The van der Waals surface area contributed by atoms with Crippen LogP contribution in [0, 0.1) is 0 Å². The maximum absolute atomic E-state index is 12.2. The Bertz CT molecular complexity index is 420. The number of hydrogen-bond donors (Lipinski definition) is 1. The van der Waals surface area contributed by atoms with E-state index < -0.39 is 18.6 Å². The van der Waals surface area contributed by atoms with E-state index >= 15 is 0 Å². The number of para-hydroxylation sites is 2. The molecule has 0 aliphatic heterocycles. The van der Waals surface area contributed by atoms with Crippen LogP contribution in [0.4, 0.5) is 13.2 Å². The molecule has 0 bridgehead atoms. The van der Waals surface area contributed by atoms with Gasteiger partial charge in [0.1, 0.15) is 6.10 Å². The van der Waals surface area contributed by atoms with Crippen molar-refractivity contribution in [2.24, 2.45) is 0 Å². The van der Waals surface area contributed by atoms with E-state index in [-0.39, 0.29) is 11.5 Å². The Labute approximate surface area is 108 Å². The molecule has 1 saturated carbocycles. The molecule has 0 aromatic heterocycles. The van der Waals surface area contributed by atoms with Crippen molar-refractivity contribution in [2.45, 2.75) is 44.3 Å². The van der Waals surface area contributed by atoms with Crippen LogP contribution < -0.4 is 9.47 Å². The fourth-order valence-electron chi connectivity index (χ4n) is 2.13. The predicted molar refractivity (Wildman–Crippen MR) is 62.0 cm³/mol. The van der Waals surface area contributed by atoms with Crippen LogP contribution in [-0.4, -0.2) is 23.7 Å². The molecular weight excluding hydrogens is 261 g/mol. The van der Waals surface area contributed by atoms with Crippen molar-refractivity contribution < 1.29 is 27.8 Å². The maximum atomic E-state index is 12.2. The van der Waals surface area contributed by atoms with Crippen LogP contribution in [0.25, 0.3) is 0 Å². The van der Waals surface area contributed by atoms with Gasteiger partial charge in [-0.15, -0.1) is 13.2 Å². The number of aliphatic hydroxyl groups is 1. The van der Waals surface area contributed by atoms with Crippen molar-refractivity contribution in [3.63, 3.8) is 0 Å². The summed E-state index contributed by atoms with van der Waals surface area (Å²) >= 11 is 0. The Hall–Kier alpha value is -1.43. The van der Waals surface area contributed by atoms with Crippen LogP contribution >= 0.6 is 0 Å². The lowest BCUT2D eigenvalue weighted by atomic mass is 9.95. The lowest BCUT2D eigenvalue weighted by Gasteiger charge is -2.28. The van der Waals surface area contributed by atoms with Gasteiger partial charge in [0.25, 0.3) is 0 Å². The van der Waals surface area contributed by atoms with Gasteiger partial charge >= 0.3 is 6.36 Å². The molecule has 1 N–H and O–H groups in total. The summed E-state index contributed by atoms with van der Waals surface area (Å²) < 4.78 is 46.1. The summed E-state index contributed by atoms with van der Waals surface area (Å²) in [6.07, 6.45) is -2.86. The van der Waals surface area contributed by atoms with Crippen LogP contribution in [0.1, 0.15) is 25.7 Å². The molecule has 0 amide bonds. The van der Waals surface area contributed by atoms with Gasteiger partial charge in [-0.05, 0) is 31.4 Å².